The topological polar surface area (TPSA) is 44.1 Å². The fourth-order valence-corrected chi connectivity index (χ4v) is 2.11. The Morgan fingerprint density at radius 3 is 2.94 bits per heavy atom. The lowest BCUT2D eigenvalue weighted by Gasteiger charge is -2.10. The number of aromatic nitrogens is 2. The second-order valence-electron chi connectivity index (χ2n) is 4.14. The van der Waals surface area contributed by atoms with E-state index in [0.29, 0.717) is 17.5 Å². The van der Waals surface area contributed by atoms with Crippen LogP contribution in [0.5, 0.6) is 0 Å². The summed E-state index contributed by atoms with van der Waals surface area (Å²) in [4.78, 5) is 16.2. The van der Waals surface area contributed by atoms with Gasteiger partial charge in [0.2, 0.25) is 0 Å². The van der Waals surface area contributed by atoms with Gasteiger partial charge in [-0.25, -0.2) is 4.98 Å². The summed E-state index contributed by atoms with van der Waals surface area (Å²) in [6.07, 6.45) is 0. The van der Waals surface area contributed by atoms with E-state index in [1.165, 1.54) is 0 Å². The first-order valence-corrected chi connectivity index (χ1v) is 6.21. The van der Waals surface area contributed by atoms with Gasteiger partial charge in [0.1, 0.15) is 11.7 Å². The maximum absolute atomic E-state index is 11.7. The highest BCUT2D eigenvalue weighted by Gasteiger charge is 2.22. The Kier molecular flexibility index (Phi) is 3.57. The number of esters is 1. The molecule has 1 aromatic carbocycles. The number of halogens is 1. The zero-order valence-electron chi connectivity index (χ0n) is 10.6. The van der Waals surface area contributed by atoms with Crippen LogP contribution in [0.15, 0.2) is 18.2 Å². The van der Waals surface area contributed by atoms with Crippen molar-refractivity contribution in [1.29, 1.82) is 0 Å². The highest BCUT2D eigenvalue weighted by Crippen LogP contribution is 2.24. The Morgan fingerprint density at radius 2 is 2.28 bits per heavy atom. The molecule has 0 fully saturated rings. The summed E-state index contributed by atoms with van der Waals surface area (Å²) in [6.45, 7) is 3.96. The molecule has 0 bridgehead atoms. The highest BCUT2D eigenvalue weighted by molar-refractivity contribution is 6.31. The number of aryl methyl sites for hydroxylation is 1. The lowest BCUT2D eigenvalue weighted by atomic mass is 10.2. The number of nitrogens with zero attached hydrogens (tertiary/aromatic N) is 2. The van der Waals surface area contributed by atoms with Crippen molar-refractivity contribution in [2.24, 2.45) is 7.05 Å². The number of fused-ring (bicyclic) bond motifs is 1. The second-order valence-corrected chi connectivity index (χ2v) is 4.57. The number of rotatable bonds is 3. The quantitative estimate of drug-likeness (QED) is 0.803. The largest absolute Gasteiger partial charge is 0.465 e. The maximum Gasteiger partial charge on any atom is 0.316 e. The van der Waals surface area contributed by atoms with E-state index in [4.69, 9.17) is 16.3 Å². The summed E-state index contributed by atoms with van der Waals surface area (Å²) < 4.78 is 6.89. The Hall–Kier alpha value is -1.55. The van der Waals surface area contributed by atoms with Crippen molar-refractivity contribution < 1.29 is 9.53 Å². The van der Waals surface area contributed by atoms with Gasteiger partial charge in [-0.15, -0.1) is 0 Å². The molecule has 0 spiro atoms. The molecule has 2 aromatic rings. The Morgan fingerprint density at radius 1 is 1.56 bits per heavy atom. The first-order valence-electron chi connectivity index (χ1n) is 5.83. The predicted octanol–water partition coefficient (Wildman–Crippen LogP) is 2.89. The smallest absolute Gasteiger partial charge is 0.316 e. The van der Waals surface area contributed by atoms with Crippen LogP contribution >= 0.6 is 11.6 Å². The lowest BCUT2D eigenvalue weighted by molar-refractivity contribution is -0.144. The van der Waals surface area contributed by atoms with E-state index in [1.807, 2.05) is 23.7 Å². The highest BCUT2D eigenvalue weighted by atomic mass is 35.5. The Bertz CT molecular complexity index is 592. The van der Waals surface area contributed by atoms with E-state index in [1.54, 1.807) is 19.9 Å². The van der Waals surface area contributed by atoms with Crippen molar-refractivity contribution in [3.05, 3.63) is 29.0 Å². The zero-order chi connectivity index (χ0) is 13.3. The van der Waals surface area contributed by atoms with Gasteiger partial charge >= 0.3 is 5.97 Å². The Balaban J connectivity index is 2.45. The molecule has 0 aliphatic carbocycles. The minimum absolute atomic E-state index is 0.262. The molecule has 0 radical (unpaired) electrons. The van der Waals surface area contributed by atoms with Crippen molar-refractivity contribution in [2.75, 3.05) is 6.61 Å². The van der Waals surface area contributed by atoms with Gasteiger partial charge in [0.25, 0.3) is 0 Å². The van der Waals surface area contributed by atoms with E-state index in [2.05, 4.69) is 4.98 Å². The normalized spacial score (nSPS) is 12.7. The molecule has 96 valence electrons. The number of hydrogen-bond donors (Lipinski definition) is 0. The van der Waals surface area contributed by atoms with Gasteiger partial charge in [-0.2, -0.15) is 0 Å². The van der Waals surface area contributed by atoms with Crippen molar-refractivity contribution >= 4 is 28.6 Å². The molecule has 0 saturated carbocycles. The van der Waals surface area contributed by atoms with E-state index < -0.39 is 0 Å². The molecule has 1 unspecified atom stereocenters. The van der Waals surface area contributed by atoms with E-state index in [9.17, 15) is 4.79 Å². The zero-order valence-corrected chi connectivity index (χ0v) is 11.4. The molecule has 2 rings (SSSR count). The number of benzene rings is 1. The van der Waals surface area contributed by atoms with Crippen LogP contribution in [0.25, 0.3) is 11.0 Å². The van der Waals surface area contributed by atoms with Crippen molar-refractivity contribution in [3.63, 3.8) is 0 Å². The molecule has 0 aliphatic rings. The summed E-state index contributed by atoms with van der Waals surface area (Å²) in [5, 5.41) is 0.654. The van der Waals surface area contributed by atoms with Gasteiger partial charge in [0.05, 0.1) is 17.6 Å². The lowest BCUT2D eigenvalue weighted by Crippen LogP contribution is -2.16. The monoisotopic (exact) mass is 266 g/mol. The van der Waals surface area contributed by atoms with Crippen LogP contribution in [0.2, 0.25) is 5.02 Å². The molecule has 18 heavy (non-hydrogen) atoms. The molecular weight excluding hydrogens is 252 g/mol. The van der Waals surface area contributed by atoms with Crippen LogP contribution in [-0.2, 0) is 16.6 Å². The third-order valence-corrected chi connectivity index (χ3v) is 3.14. The average molecular weight is 267 g/mol. The van der Waals surface area contributed by atoms with Crippen molar-refractivity contribution in [2.45, 2.75) is 19.8 Å². The molecule has 1 heterocycles. The van der Waals surface area contributed by atoms with Crippen LogP contribution in [-0.4, -0.2) is 22.1 Å². The number of carbonyl (C=O) groups is 1. The molecular formula is C13H15ClN2O2. The molecule has 5 heteroatoms. The van der Waals surface area contributed by atoms with Gasteiger partial charge in [0.15, 0.2) is 0 Å². The molecule has 4 nitrogen and oxygen atoms in total. The SMILES string of the molecule is CCOC(=O)C(C)c1nc2ccc(Cl)cc2n1C. The van der Waals surface area contributed by atoms with Gasteiger partial charge in [-0.1, -0.05) is 11.6 Å². The molecule has 0 N–H and O–H groups in total. The van der Waals surface area contributed by atoms with Crippen LogP contribution in [0.4, 0.5) is 0 Å². The first kappa shape index (κ1) is 12.9. The summed E-state index contributed by atoms with van der Waals surface area (Å²) in [5.74, 6) is 0.0360. The summed E-state index contributed by atoms with van der Waals surface area (Å²) in [5.41, 5.74) is 1.74. The van der Waals surface area contributed by atoms with Crippen LogP contribution in [0.3, 0.4) is 0 Å². The van der Waals surface area contributed by atoms with Gasteiger partial charge in [-0.3, -0.25) is 4.79 Å². The van der Waals surface area contributed by atoms with E-state index >= 15 is 0 Å². The summed E-state index contributed by atoms with van der Waals surface area (Å²) in [6, 6.07) is 5.47. The van der Waals surface area contributed by atoms with Crippen molar-refractivity contribution in [3.8, 4) is 0 Å². The Labute approximate surface area is 111 Å². The third kappa shape index (κ3) is 2.20. The predicted molar refractivity (Wildman–Crippen MR) is 70.8 cm³/mol. The van der Waals surface area contributed by atoms with Crippen LogP contribution in [0, 0.1) is 0 Å². The molecule has 0 saturated heterocycles. The number of carbonyl (C=O) groups excluding carboxylic acids is 1. The summed E-state index contributed by atoms with van der Waals surface area (Å²) >= 11 is 5.96. The number of ether oxygens (including phenoxy) is 1. The van der Waals surface area contributed by atoms with Gasteiger partial charge in [0, 0.05) is 12.1 Å². The van der Waals surface area contributed by atoms with Crippen LogP contribution in [0.1, 0.15) is 25.6 Å². The average Bonchev–Trinajstić information content (AvgIpc) is 2.66. The van der Waals surface area contributed by atoms with Crippen molar-refractivity contribution in [1.82, 2.24) is 9.55 Å². The summed E-state index contributed by atoms with van der Waals surface area (Å²) in [7, 11) is 1.87. The fourth-order valence-electron chi connectivity index (χ4n) is 1.94. The maximum atomic E-state index is 11.7. The third-order valence-electron chi connectivity index (χ3n) is 2.90. The minimum atomic E-state index is -0.388. The molecule has 0 aliphatic heterocycles. The van der Waals surface area contributed by atoms with E-state index in [0.717, 1.165) is 11.0 Å². The molecule has 1 atom stereocenters. The molecule has 1 aromatic heterocycles. The molecule has 0 amide bonds. The first-order chi connectivity index (χ1) is 8.54. The van der Waals surface area contributed by atoms with Gasteiger partial charge < -0.3 is 9.30 Å². The number of imidazole rings is 1. The van der Waals surface area contributed by atoms with Gasteiger partial charge in [-0.05, 0) is 32.0 Å². The fraction of sp³-hybridized carbons (Fsp3) is 0.385. The van der Waals surface area contributed by atoms with Crippen LogP contribution < -0.4 is 0 Å². The number of hydrogen-bond acceptors (Lipinski definition) is 3. The van der Waals surface area contributed by atoms with E-state index in [-0.39, 0.29) is 11.9 Å². The second kappa shape index (κ2) is 4.98. The standard InChI is InChI=1S/C13H15ClN2O2/c1-4-18-13(17)8(2)12-15-10-6-5-9(14)7-11(10)16(12)3/h5-8H,4H2,1-3H3. The minimum Gasteiger partial charge on any atom is -0.465 e.